The molecule has 26 heavy (non-hydrogen) atoms. The largest absolute Gasteiger partial charge is 0.496 e. The van der Waals surface area contributed by atoms with Crippen molar-refractivity contribution in [2.24, 2.45) is 0 Å². The van der Waals surface area contributed by atoms with Crippen LogP contribution in [-0.4, -0.2) is 17.1 Å². The summed E-state index contributed by atoms with van der Waals surface area (Å²) in [6.07, 6.45) is 1.10. The second-order valence-electron chi connectivity index (χ2n) is 5.79. The fraction of sp³-hybridized carbons (Fsp3) is 0.200. The van der Waals surface area contributed by atoms with Crippen molar-refractivity contribution in [3.63, 3.8) is 0 Å². The molecule has 3 aromatic rings. The molecule has 0 atom stereocenters. The Hall–Kier alpha value is -3.15. The zero-order valence-electron chi connectivity index (χ0n) is 14.7. The topological polar surface area (TPSA) is 56.3 Å². The number of halogens is 1. The third-order valence-corrected chi connectivity index (χ3v) is 3.85. The average molecular weight is 353 g/mol. The molecule has 0 aliphatic heterocycles. The van der Waals surface area contributed by atoms with E-state index in [2.05, 4.69) is 15.3 Å². The first-order chi connectivity index (χ1) is 12.7. The molecule has 0 saturated carbocycles. The van der Waals surface area contributed by atoms with E-state index in [0.717, 1.165) is 23.1 Å². The minimum absolute atomic E-state index is 0.0878. The highest BCUT2D eigenvalue weighted by Gasteiger charge is 2.09. The molecule has 3 rings (SSSR count). The van der Waals surface area contributed by atoms with Crippen LogP contribution in [0.25, 0.3) is 0 Å². The van der Waals surface area contributed by atoms with Crippen molar-refractivity contribution in [2.75, 3.05) is 12.4 Å². The van der Waals surface area contributed by atoms with Gasteiger partial charge in [0.05, 0.1) is 13.3 Å². The SMILES string of the molecule is COc1ccccc1CNc1nc(OCc2ccc(C)cc2)ncc1F. The molecule has 0 fully saturated rings. The zero-order valence-corrected chi connectivity index (χ0v) is 14.7. The number of ether oxygens (including phenoxy) is 2. The third kappa shape index (κ3) is 4.47. The van der Waals surface area contributed by atoms with Gasteiger partial charge < -0.3 is 14.8 Å². The summed E-state index contributed by atoms with van der Waals surface area (Å²) in [5, 5.41) is 2.96. The second kappa shape index (κ2) is 8.29. The smallest absolute Gasteiger partial charge is 0.318 e. The highest BCUT2D eigenvalue weighted by Crippen LogP contribution is 2.20. The quantitative estimate of drug-likeness (QED) is 0.692. The summed E-state index contributed by atoms with van der Waals surface area (Å²) in [4.78, 5) is 8.00. The van der Waals surface area contributed by atoms with Gasteiger partial charge in [0.1, 0.15) is 12.4 Å². The summed E-state index contributed by atoms with van der Waals surface area (Å²) >= 11 is 0. The lowest BCUT2D eigenvalue weighted by atomic mass is 10.2. The number of hydrogen-bond acceptors (Lipinski definition) is 5. The number of aromatic nitrogens is 2. The fourth-order valence-corrected chi connectivity index (χ4v) is 2.40. The number of aryl methyl sites for hydroxylation is 1. The molecule has 1 aromatic heterocycles. The molecular weight excluding hydrogens is 333 g/mol. The van der Waals surface area contributed by atoms with Gasteiger partial charge >= 0.3 is 6.01 Å². The van der Waals surface area contributed by atoms with Gasteiger partial charge in [0.25, 0.3) is 0 Å². The molecule has 0 radical (unpaired) electrons. The van der Waals surface area contributed by atoms with Crippen LogP contribution in [0.4, 0.5) is 10.2 Å². The molecule has 5 nitrogen and oxygen atoms in total. The lowest BCUT2D eigenvalue weighted by Crippen LogP contribution is -2.07. The molecule has 6 heteroatoms. The number of hydrogen-bond donors (Lipinski definition) is 1. The second-order valence-corrected chi connectivity index (χ2v) is 5.79. The molecular formula is C20H20FN3O2. The monoisotopic (exact) mass is 353 g/mol. The van der Waals surface area contributed by atoms with Crippen molar-refractivity contribution in [3.8, 4) is 11.8 Å². The van der Waals surface area contributed by atoms with E-state index in [1.54, 1.807) is 7.11 Å². The lowest BCUT2D eigenvalue weighted by molar-refractivity contribution is 0.280. The van der Waals surface area contributed by atoms with Gasteiger partial charge in [-0.1, -0.05) is 48.0 Å². The van der Waals surface area contributed by atoms with Gasteiger partial charge in [-0.05, 0) is 18.6 Å². The Labute approximate surface area is 151 Å². The molecule has 0 bridgehead atoms. The highest BCUT2D eigenvalue weighted by atomic mass is 19.1. The van der Waals surface area contributed by atoms with Gasteiger partial charge in [0.2, 0.25) is 0 Å². The Bertz CT molecular complexity index is 869. The van der Waals surface area contributed by atoms with Gasteiger partial charge in [0, 0.05) is 12.1 Å². The van der Waals surface area contributed by atoms with Gasteiger partial charge in [-0.3, -0.25) is 0 Å². The van der Waals surface area contributed by atoms with Crippen molar-refractivity contribution in [1.29, 1.82) is 0 Å². The van der Waals surface area contributed by atoms with Gasteiger partial charge in [0.15, 0.2) is 11.6 Å². The maximum atomic E-state index is 14.0. The van der Waals surface area contributed by atoms with Crippen molar-refractivity contribution in [3.05, 3.63) is 77.2 Å². The number of nitrogens with zero attached hydrogens (tertiary/aromatic N) is 2. The van der Waals surface area contributed by atoms with Gasteiger partial charge in [-0.25, -0.2) is 9.37 Å². The van der Waals surface area contributed by atoms with Crippen LogP contribution < -0.4 is 14.8 Å². The average Bonchev–Trinajstić information content (AvgIpc) is 2.67. The molecule has 134 valence electrons. The molecule has 0 spiro atoms. The van der Waals surface area contributed by atoms with Gasteiger partial charge in [-0.15, -0.1) is 0 Å². The number of nitrogens with one attached hydrogen (secondary N) is 1. The zero-order chi connectivity index (χ0) is 18.4. The summed E-state index contributed by atoms with van der Waals surface area (Å²) < 4.78 is 24.9. The van der Waals surface area contributed by atoms with E-state index in [0.29, 0.717) is 13.2 Å². The number of para-hydroxylation sites is 1. The maximum absolute atomic E-state index is 14.0. The predicted molar refractivity (Wildman–Crippen MR) is 97.8 cm³/mol. The summed E-state index contributed by atoms with van der Waals surface area (Å²) in [6.45, 7) is 2.71. The molecule has 1 N–H and O–H groups in total. The van der Waals surface area contributed by atoms with Crippen LogP contribution in [0.3, 0.4) is 0 Å². The Morgan fingerprint density at radius 2 is 1.85 bits per heavy atom. The summed E-state index contributed by atoms with van der Waals surface area (Å²) in [6, 6.07) is 15.6. The van der Waals surface area contributed by atoms with E-state index in [9.17, 15) is 4.39 Å². The van der Waals surface area contributed by atoms with E-state index < -0.39 is 5.82 Å². The Kier molecular flexibility index (Phi) is 5.63. The van der Waals surface area contributed by atoms with E-state index in [4.69, 9.17) is 9.47 Å². The van der Waals surface area contributed by atoms with Crippen LogP contribution in [0.5, 0.6) is 11.8 Å². The number of anilines is 1. The molecule has 2 aromatic carbocycles. The van der Waals surface area contributed by atoms with Crippen LogP contribution >= 0.6 is 0 Å². The van der Waals surface area contributed by atoms with Crippen molar-refractivity contribution in [2.45, 2.75) is 20.1 Å². The normalized spacial score (nSPS) is 10.4. The van der Waals surface area contributed by atoms with E-state index in [-0.39, 0.29) is 11.8 Å². The van der Waals surface area contributed by atoms with Crippen LogP contribution in [0.1, 0.15) is 16.7 Å². The van der Waals surface area contributed by atoms with Crippen molar-refractivity contribution in [1.82, 2.24) is 9.97 Å². The fourth-order valence-electron chi connectivity index (χ4n) is 2.40. The first kappa shape index (κ1) is 17.7. The van der Waals surface area contributed by atoms with Crippen molar-refractivity contribution >= 4 is 5.82 Å². The van der Waals surface area contributed by atoms with Crippen LogP contribution in [0.15, 0.2) is 54.7 Å². The summed E-state index contributed by atoms with van der Waals surface area (Å²) in [5.74, 6) is 0.276. The first-order valence-corrected chi connectivity index (χ1v) is 8.22. The third-order valence-electron chi connectivity index (χ3n) is 3.85. The standard InChI is InChI=1S/C20H20FN3O2/c1-14-7-9-15(10-8-14)13-26-20-23-12-17(21)19(24-20)22-11-16-5-3-4-6-18(16)25-2/h3-10,12H,11,13H2,1-2H3,(H,22,23,24). The van der Waals surface area contributed by atoms with Crippen LogP contribution in [0, 0.1) is 12.7 Å². The maximum Gasteiger partial charge on any atom is 0.318 e. The molecule has 0 saturated heterocycles. The predicted octanol–water partition coefficient (Wildman–Crippen LogP) is 4.12. The Morgan fingerprint density at radius 1 is 1.08 bits per heavy atom. The van der Waals surface area contributed by atoms with E-state index in [1.807, 2.05) is 55.5 Å². The van der Waals surface area contributed by atoms with E-state index in [1.165, 1.54) is 5.56 Å². The highest BCUT2D eigenvalue weighted by molar-refractivity contribution is 5.40. The van der Waals surface area contributed by atoms with E-state index >= 15 is 0 Å². The molecule has 1 heterocycles. The molecule has 0 aliphatic carbocycles. The Morgan fingerprint density at radius 3 is 2.62 bits per heavy atom. The first-order valence-electron chi connectivity index (χ1n) is 8.22. The molecule has 0 aliphatic rings. The Balaban J connectivity index is 1.66. The van der Waals surface area contributed by atoms with Crippen LogP contribution in [0.2, 0.25) is 0 Å². The lowest BCUT2D eigenvalue weighted by Gasteiger charge is -2.11. The molecule has 0 unspecified atom stereocenters. The minimum Gasteiger partial charge on any atom is -0.496 e. The number of methoxy groups -OCH3 is 1. The number of rotatable bonds is 7. The summed E-state index contributed by atoms with van der Waals surface area (Å²) in [5.41, 5.74) is 3.07. The summed E-state index contributed by atoms with van der Waals surface area (Å²) in [7, 11) is 1.60. The van der Waals surface area contributed by atoms with Crippen molar-refractivity contribution < 1.29 is 13.9 Å². The minimum atomic E-state index is -0.539. The molecule has 0 amide bonds. The number of benzene rings is 2. The van der Waals surface area contributed by atoms with Crippen LogP contribution in [-0.2, 0) is 13.2 Å². The van der Waals surface area contributed by atoms with Gasteiger partial charge in [-0.2, -0.15) is 4.98 Å².